The minimum atomic E-state index is -0.995. The van der Waals surface area contributed by atoms with Crippen molar-refractivity contribution in [3.8, 4) is 0 Å². The molecule has 2 fully saturated rings. The van der Waals surface area contributed by atoms with Crippen LogP contribution in [0.4, 0.5) is 17.1 Å². The maximum atomic E-state index is 13.4. The summed E-state index contributed by atoms with van der Waals surface area (Å²) in [5.41, 5.74) is 0.839. The molecule has 10 heteroatoms. The number of amides is 2. The van der Waals surface area contributed by atoms with Crippen LogP contribution in [0, 0.1) is 16.0 Å². The van der Waals surface area contributed by atoms with E-state index in [1.54, 1.807) is 29.3 Å². The van der Waals surface area contributed by atoms with Gasteiger partial charge in [-0.3, -0.25) is 24.5 Å². The van der Waals surface area contributed by atoms with Gasteiger partial charge < -0.3 is 0 Å². The predicted molar refractivity (Wildman–Crippen MR) is 115 cm³/mol. The summed E-state index contributed by atoms with van der Waals surface area (Å²) in [6.07, 6.45) is -0.995. The molecule has 2 aliphatic rings. The number of fused-ring (bicyclic) bond motifs is 1. The minimum Gasteiger partial charge on any atom is -0.273 e. The van der Waals surface area contributed by atoms with Crippen LogP contribution in [0.25, 0.3) is 0 Å². The van der Waals surface area contributed by atoms with Crippen molar-refractivity contribution in [2.45, 2.75) is 12.1 Å². The summed E-state index contributed by atoms with van der Waals surface area (Å²) >= 11 is 7.47. The van der Waals surface area contributed by atoms with Crippen LogP contribution in [0.15, 0.2) is 66.0 Å². The van der Waals surface area contributed by atoms with Crippen molar-refractivity contribution >= 4 is 51.8 Å². The molecule has 0 radical (unpaired) electrons. The first-order valence-corrected chi connectivity index (χ1v) is 10.6. The maximum absolute atomic E-state index is 13.4. The summed E-state index contributed by atoms with van der Waals surface area (Å²) in [7, 11) is 0. The van der Waals surface area contributed by atoms with Crippen LogP contribution < -0.4 is 9.96 Å². The fourth-order valence-corrected chi connectivity index (χ4v) is 4.93. The standard InChI is InChI=1S/C21H14ClN3O5S/c22-12-3-5-14(6-4-12)24-18(16-2-1-11-31-16)17-19(30-24)21(27)23(20(17)26)13-7-9-15(10-8-13)25(28)29/h1-11,17-19H/t17-,18+,19-/m0/s1. The highest BCUT2D eigenvalue weighted by Crippen LogP contribution is 2.48. The number of carbonyl (C=O) groups excluding carboxylic acids is 2. The van der Waals surface area contributed by atoms with Gasteiger partial charge in [0.25, 0.3) is 11.6 Å². The second-order valence-electron chi connectivity index (χ2n) is 7.10. The smallest absolute Gasteiger partial charge is 0.269 e. The van der Waals surface area contributed by atoms with Crippen molar-refractivity contribution in [3.63, 3.8) is 0 Å². The number of imide groups is 1. The Morgan fingerprint density at radius 3 is 2.26 bits per heavy atom. The Hall–Kier alpha value is -3.27. The number of non-ortho nitro benzene ring substituents is 1. The van der Waals surface area contributed by atoms with Crippen molar-refractivity contribution in [3.05, 3.63) is 86.1 Å². The van der Waals surface area contributed by atoms with Gasteiger partial charge in [-0.1, -0.05) is 17.7 Å². The molecule has 3 atom stereocenters. The van der Waals surface area contributed by atoms with Gasteiger partial charge in [0.15, 0.2) is 6.10 Å². The third kappa shape index (κ3) is 3.18. The van der Waals surface area contributed by atoms with Crippen LogP contribution in [0.3, 0.4) is 0 Å². The summed E-state index contributed by atoms with van der Waals surface area (Å²) in [5, 5.41) is 15.0. The zero-order chi connectivity index (χ0) is 21.7. The molecule has 0 unspecified atom stereocenters. The molecule has 3 heterocycles. The number of nitro groups is 1. The van der Waals surface area contributed by atoms with E-state index in [-0.39, 0.29) is 11.4 Å². The molecule has 1 aromatic heterocycles. The topological polar surface area (TPSA) is 93.0 Å². The largest absolute Gasteiger partial charge is 0.273 e. The highest BCUT2D eigenvalue weighted by Gasteiger charge is 2.60. The lowest BCUT2D eigenvalue weighted by atomic mass is 9.95. The molecule has 2 aromatic carbocycles. The summed E-state index contributed by atoms with van der Waals surface area (Å²) in [4.78, 5) is 44.9. The Kier molecular flexibility index (Phi) is 4.73. The van der Waals surface area contributed by atoms with E-state index in [0.717, 1.165) is 9.78 Å². The summed E-state index contributed by atoms with van der Waals surface area (Å²) in [6, 6.07) is 15.6. The van der Waals surface area contributed by atoms with E-state index in [1.807, 2.05) is 17.5 Å². The van der Waals surface area contributed by atoms with Gasteiger partial charge in [-0.2, -0.15) is 0 Å². The van der Waals surface area contributed by atoms with E-state index >= 15 is 0 Å². The van der Waals surface area contributed by atoms with E-state index < -0.39 is 34.8 Å². The van der Waals surface area contributed by atoms with Crippen molar-refractivity contribution in [2.24, 2.45) is 5.92 Å². The quantitative estimate of drug-likeness (QED) is 0.329. The second kappa shape index (κ2) is 7.45. The number of nitrogens with zero attached hydrogens (tertiary/aromatic N) is 3. The fraction of sp³-hybridized carbons (Fsp3) is 0.143. The Balaban J connectivity index is 1.52. The van der Waals surface area contributed by atoms with E-state index in [0.29, 0.717) is 10.7 Å². The second-order valence-corrected chi connectivity index (χ2v) is 8.52. The van der Waals surface area contributed by atoms with Gasteiger partial charge >= 0.3 is 0 Å². The molecule has 0 N–H and O–H groups in total. The number of hydrogen-bond donors (Lipinski definition) is 0. The molecule has 0 aliphatic carbocycles. The van der Waals surface area contributed by atoms with E-state index in [4.69, 9.17) is 16.4 Å². The fourth-order valence-electron chi connectivity index (χ4n) is 3.95. The molecule has 2 saturated heterocycles. The number of rotatable bonds is 4. The van der Waals surface area contributed by atoms with Gasteiger partial charge in [0.2, 0.25) is 5.91 Å². The molecule has 2 amide bonds. The average molecular weight is 456 g/mol. The zero-order valence-electron chi connectivity index (χ0n) is 15.8. The lowest BCUT2D eigenvalue weighted by Gasteiger charge is -2.27. The van der Waals surface area contributed by atoms with Crippen LogP contribution in [0.5, 0.6) is 0 Å². The normalized spacial score (nSPS) is 22.8. The van der Waals surface area contributed by atoms with Crippen LogP contribution in [0.2, 0.25) is 5.02 Å². The number of halogens is 1. The van der Waals surface area contributed by atoms with E-state index in [1.165, 1.54) is 35.6 Å². The SMILES string of the molecule is O=C1[C@@H]2[C@H](ON(c3ccc(Cl)cc3)[C@@H]2c2cccs2)C(=O)N1c1ccc([N+](=O)[O-])cc1. The highest BCUT2D eigenvalue weighted by molar-refractivity contribution is 7.10. The lowest BCUT2D eigenvalue weighted by molar-refractivity contribution is -0.384. The molecule has 0 bridgehead atoms. The Bertz CT molecular complexity index is 1170. The van der Waals surface area contributed by atoms with E-state index in [9.17, 15) is 19.7 Å². The van der Waals surface area contributed by atoms with Crippen LogP contribution in [-0.2, 0) is 14.4 Å². The molecule has 8 nitrogen and oxygen atoms in total. The van der Waals surface area contributed by atoms with Gasteiger partial charge in [0, 0.05) is 22.0 Å². The number of hydrogen-bond acceptors (Lipinski definition) is 7. The molecule has 3 aromatic rings. The molecule has 0 spiro atoms. The van der Waals surface area contributed by atoms with E-state index in [2.05, 4.69) is 0 Å². The van der Waals surface area contributed by atoms with Gasteiger partial charge in [-0.05, 0) is 47.8 Å². The van der Waals surface area contributed by atoms with Gasteiger partial charge in [0.1, 0.15) is 12.0 Å². The minimum absolute atomic E-state index is 0.121. The highest BCUT2D eigenvalue weighted by atomic mass is 35.5. The molecule has 156 valence electrons. The third-order valence-electron chi connectivity index (χ3n) is 5.35. The molecule has 31 heavy (non-hydrogen) atoms. The number of thiophene rings is 1. The number of carbonyl (C=O) groups is 2. The average Bonchev–Trinajstić information content (AvgIpc) is 3.46. The lowest BCUT2D eigenvalue weighted by Crippen LogP contribution is -2.37. The van der Waals surface area contributed by atoms with Crippen molar-refractivity contribution in [1.82, 2.24) is 0 Å². The molecule has 0 saturated carbocycles. The first-order valence-electron chi connectivity index (χ1n) is 9.33. The van der Waals surface area contributed by atoms with Crippen molar-refractivity contribution < 1.29 is 19.3 Å². The Labute approximate surface area is 185 Å². The van der Waals surface area contributed by atoms with Crippen molar-refractivity contribution in [1.29, 1.82) is 0 Å². The van der Waals surface area contributed by atoms with Crippen LogP contribution in [-0.4, -0.2) is 22.8 Å². The van der Waals surface area contributed by atoms with Crippen LogP contribution in [0.1, 0.15) is 10.9 Å². The summed E-state index contributed by atoms with van der Waals surface area (Å²) in [5.74, 6) is -1.65. The van der Waals surface area contributed by atoms with Gasteiger partial charge in [-0.15, -0.1) is 11.3 Å². The van der Waals surface area contributed by atoms with Crippen LogP contribution >= 0.6 is 22.9 Å². The Morgan fingerprint density at radius 2 is 1.65 bits per heavy atom. The predicted octanol–water partition coefficient (Wildman–Crippen LogP) is 4.36. The zero-order valence-corrected chi connectivity index (χ0v) is 17.3. The Morgan fingerprint density at radius 1 is 0.968 bits per heavy atom. The monoisotopic (exact) mass is 455 g/mol. The number of hydroxylamine groups is 1. The molecular formula is C21H14ClN3O5S. The third-order valence-corrected chi connectivity index (χ3v) is 6.54. The summed E-state index contributed by atoms with van der Waals surface area (Å²) < 4.78 is 0. The first-order chi connectivity index (χ1) is 15.0. The first kappa shape index (κ1) is 19.7. The molecule has 2 aliphatic heterocycles. The van der Waals surface area contributed by atoms with Crippen molar-refractivity contribution in [2.75, 3.05) is 9.96 Å². The number of benzene rings is 2. The summed E-state index contributed by atoms with van der Waals surface area (Å²) in [6.45, 7) is 0. The van der Waals surface area contributed by atoms with Gasteiger partial charge in [0.05, 0.1) is 16.3 Å². The molecule has 5 rings (SSSR count). The van der Waals surface area contributed by atoms with Gasteiger partial charge in [-0.25, -0.2) is 9.96 Å². The maximum Gasteiger partial charge on any atom is 0.269 e. The number of nitro benzene ring substituents is 1. The molecular weight excluding hydrogens is 442 g/mol. The number of anilines is 2.